The molecule has 1 unspecified atom stereocenters. The average Bonchev–Trinajstić information content (AvgIpc) is 2.42. The maximum Gasteiger partial charge on any atom is 0.123 e. The van der Waals surface area contributed by atoms with Crippen molar-refractivity contribution < 1.29 is 9.50 Å². The predicted octanol–water partition coefficient (Wildman–Crippen LogP) is 3.91. The summed E-state index contributed by atoms with van der Waals surface area (Å²) in [6, 6.07) is 11.7. The van der Waals surface area contributed by atoms with Gasteiger partial charge in [0.15, 0.2) is 0 Å². The van der Waals surface area contributed by atoms with E-state index in [-0.39, 0.29) is 17.6 Å². The van der Waals surface area contributed by atoms with Gasteiger partial charge in [0.1, 0.15) is 11.6 Å². The highest BCUT2D eigenvalue weighted by Gasteiger charge is 2.06. The molecular formula is C16H17ClFNO. The van der Waals surface area contributed by atoms with E-state index < -0.39 is 0 Å². The number of rotatable bonds is 5. The Kier molecular flexibility index (Phi) is 4.99. The fraction of sp³-hybridized carbons (Fsp3) is 0.250. The second kappa shape index (κ2) is 6.73. The topological polar surface area (TPSA) is 32.3 Å². The Morgan fingerprint density at radius 2 is 1.90 bits per heavy atom. The van der Waals surface area contributed by atoms with Gasteiger partial charge in [-0.1, -0.05) is 23.7 Å². The Morgan fingerprint density at radius 3 is 2.60 bits per heavy atom. The second-order valence-electron chi connectivity index (χ2n) is 4.89. The van der Waals surface area contributed by atoms with Gasteiger partial charge in [-0.15, -0.1) is 0 Å². The van der Waals surface area contributed by atoms with Crippen LogP contribution in [0.1, 0.15) is 18.1 Å². The van der Waals surface area contributed by atoms with E-state index in [1.165, 1.54) is 12.1 Å². The minimum atomic E-state index is -0.224. The van der Waals surface area contributed by atoms with Crippen LogP contribution in [0.5, 0.6) is 5.75 Å². The average molecular weight is 294 g/mol. The minimum absolute atomic E-state index is 0.207. The van der Waals surface area contributed by atoms with E-state index in [2.05, 4.69) is 5.32 Å². The minimum Gasteiger partial charge on any atom is -0.508 e. The molecule has 1 atom stereocenters. The number of phenols is 1. The molecule has 0 aromatic heterocycles. The molecule has 0 bridgehead atoms. The zero-order valence-electron chi connectivity index (χ0n) is 11.2. The van der Waals surface area contributed by atoms with Crippen LogP contribution in [-0.4, -0.2) is 11.1 Å². The molecule has 0 spiro atoms. The maximum absolute atomic E-state index is 12.8. The van der Waals surface area contributed by atoms with Crippen molar-refractivity contribution >= 4 is 11.6 Å². The summed E-state index contributed by atoms with van der Waals surface area (Å²) in [7, 11) is 0. The van der Waals surface area contributed by atoms with Crippen LogP contribution >= 0.6 is 11.6 Å². The molecule has 2 aromatic carbocycles. The van der Waals surface area contributed by atoms with Crippen LogP contribution in [-0.2, 0) is 13.0 Å². The smallest absolute Gasteiger partial charge is 0.123 e. The molecule has 2 N–H and O–H groups in total. The predicted molar refractivity (Wildman–Crippen MR) is 79.5 cm³/mol. The second-order valence-corrected chi connectivity index (χ2v) is 5.32. The first-order valence-electron chi connectivity index (χ1n) is 6.50. The Balaban J connectivity index is 1.90. The Morgan fingerprint density at radius 1 is 1.20 bits per heavy atom. The van der Waals surface area contributed by atoms with E-state index in [1.54, 1.807) is 30.3 Å². The summed E-state index contributed by atoms with van der Waals surface area (Å²) in [5, 5.41) is 13.6. The Bertz CT molecular complexity index is 571. The van der Waals surface area contributed by atoms with Gasteiger partial charge >= 0.3 is 0 Å². The Hall–Kier alpha value is -1.58. The van der Waals surface area contributed by atoms with Crippen molar-refractivity contribution in [3.63, 3.8) is 0 Å². The summed E-state index contributed by atoms with van der Waals surface area (Å²) >= 11 is 5.90. The molecule has 0 aliphatic rings. The van der Waals surface area contributed by atoms with Crippen LogP contribution in [0.25, 0.3) is 0 Å². The van der Waals surface area contributed by atoms with Crippen LogP contribution in [0, 0.1) is 5.82 Å². The number of benzene rings is 2. The standard InChI is InChI=1S/C16H17ClFNO/c1-11(8-12-2-5-15(18)6-3-12)19-10-13-9-14(17)4-7-16(13)20/h2-7,9,11,19-20H,8,10H2,1H3. The molecule has 0 saturated carbocycles. The lowest BCUT2D eigenvalue weighted by molar-refractivity contribution is 0.458. The Labute approximate surface area is 123 Å². The first-order valence-corrected chi connectivity index (χ1v) is 6.87. The van der Waals surface area contributed by atoms with Crippen molar-refractivity contribution in [2.45, 2.75) is 25.9 Å². The van der Waals surface area contributed by atoms with E-state index >= 15 is 0 Å². The zero-order chi connectivity index (χ0) is 14.5. The molecule has 0 radical (unpaired) electrons. The molecule has 0 heterocycles. The van der Waals surface area contributed by atoms with E-state index in [0.29, 0.717) is 11.6 Å². The number of phenolic OH excluding ortho intramolecular Hbond substituents is 1. The lowest BCUT2D eigenvalue weighted by Crippen LogP contribution is -2.27. The van der Waals surface area contributed by atoms with E-state index in [4.69, 9.17) is 11.6 Å². The molecule has 2 aromatic rings. The van der Waals surface area contributed by atoms with Crippen molar-refractivity contribution in [3.8, 4) is 5.75 Å². The van der Waals surface area contributed by atoms with Crippen LogP contribution < -0.4 is 5.32 Å². The number of hydrogen-bond donors (Lipinski definition) is 2. The summed E-state index contributed by atoms with van der Waals surface area (Å²) < 4.78 is 12.8. The number of aromatic hydroxyl groups is 1. The molecule has 0 aliphatic heterocycles. The van der Waals surface area contributed by atoms with E-state index in [9.17, 15) is 9.50 Å². The first-order chi connectivity index (χ1) is 9.54. The molecule has 0 amide bonds. The van der Waals surface area contributed by atoms with Gasteiger partial charge in [-0.05, 0) is 49.2 Å². The third-order valence-electron chi connectivity index (χ3n) is 3.14. The van der Waals surface area contributed by atoms with Gasteiger partial charge in [0.2, 0.25) is 0 Å². The molecule has 0 aliphatic carbocycles. The molecule has 2 rings (SSSR count). The summed E-state index contributed by atoms with van der Waals surface area (Å²) in [4.78, 5) is 0. The van der Waals surface area contributed by atoms with Crippen LogP contribution in [0.2, 0.25) is 5.02 Å². The van der Waals surface area contributed by atoms with E-state index in [1.807, 2.05) is 6.92 Å². The third kappa shape index (κ3) is 4.22. The van der Waals surface area contributed by atoms with Gasteiger partial charge < -0.3 is 10.4 Å². The van der Waals surface area contributed by atoms with Crippen LogP contribution in [0.3, 0.4) is 0 Å². The quantitative estimate of drug-likeness (QED) is 0.876. The molecule has 106 valence electrons. The van der Waals surface area contributed by atoms with E-state index in [0.717, 1.165) is 17.5 Å². The normalized spacial score (nSPS) is 12.3. The summed E-state index contributed by atoms with van der Waals surface area (Å²) in [6.07, 6.45) is 0.793. The van der Waals surface area contributed by atoms with Gasteiger partial charge in [0.05, 0.1) is 0 Å². The van der Waals surface area contributed by atoms with Gasteiger partial charge in [-0.25, -0.2) is 4.39 Å². The molecule has 0 fully saturated rings. The highest BCUT2D eigenvalue weighted by atomic mass is 35.5. The van der Waals surface area contributed by atoms with Gasteiger partial charge in [0.25, 0.3) is 0 Å². The SMILES string of the molecule is CC(Cc1ccc(F)cc1)NCc1cc(Cl)ccc1O. The highest BCUT2D eigenvalue weighted by Crippen LogP contribution is 2.21. The van der Waals surface area contributed by atoms with Crippen molar-refractivity contribution in [1.29, 1.82) is 0 Å². The molecule has 20 heavy (non-hydrogen) atoms. The van der Waals surface area contributed by atoms with Crippen LogP contribution in [0.15, 0.2) is 42.5 Å². The molecular weight excluding hydrogens is 277 g/mol. The number of nitrogens with one attached hydrogen (secondary N) is 1. The van der Waals surface area contributed by atoms with Crippen molar-refractivity contribution in [2.24, 2.45) is 0 Å². The lowest BCUT2D eigenvalue weighted by Gasteiger charge is -2.15. The third-order valence-corrected chi connectivity index (χ3v) is 3.37. The van der Waals surface area contributed by atoms with Crippen molar-refractivity contribution in [1.82, 2.24) is 5.32 Å². The van der Waals surface area contributed by atoms with Gasteiger partial charge in [-0.2, -0.15) is 0 Å². The number of halogens is 2. The number of hydrogen-bond acceptors (Lipinski definition) is 2. The fourth-order valence-corrected chi connectivity index (χ4v) is 2.22. The highest BCUT2D eigenvalue weighted by molar-refractivity contribution is 6.30. The molecule has 4 heteroatoms. The first kappa shape index (κ1) is 14.8. The fourth-order valence-electron chi connectivity index (χ4n) is 2.03. The van der Waals surface area contributed by atoms with Gasteiger partial charge in [-0.3, -0.25) is 0 Å². The summed E-state index contributed by atoms with van der Waals surface area (Å²) in [5.74, 6) is 0.00842. The lowest BCUT2D eigenvalue weighted by atomic mass is 10.1. The molecule has 0 saturated heterocycles. The monoisotopic (exact) mass is 293 g/mol. The summed E-state index contributed by atoms with van der Waals surface area (Å²) in [6.45, 7) is 2.58. The largest absolute Gasteiger partial charge is 0.508 e. The molecule has 2 nitrogen and oxygen atoms in total. The zero-order valence-corrected chi connectivity index (χ0v) is 12.0. The van der Waals surface area contributed by atoms with Crippen molar-refractivity contribution in [2.75, 3.05) is 0 Å². The van der Waals surface area contributed by atoms with Crippen molar-refractivity contribution in [3.05, 3.63) is 64.4 Å². The van der Waals surface area contributed by atoms with Crippen LogP contribution in [0.4, 0.5) is 4.39 Å². The maximum atomic E-state index is 12.8. The summed E-state index contributed by atoms with van der Waals surface area (Å²) in [5.41, 5.74) is 1.84. The van der Waals surface area contributed by atoms with Gasteiger partial charge in [0, 0.05) is 23.2 Å².